The molecular weight excluding hydrogens is 302 g/mol. The fourth-order valence-corrected chi connectivity index (χ4v) is 4.92. The summed E-state index contributed by atoms with van der Waals surface area (Å²) < 4.78 is 25.2. The van der Waals surface area contributed by atoms with E-state index in [2.05, 4.69) is 10.4 Å². The van der Waals surface area contributed by atoms with Crippen molar-refractivity contribution in [3.05, 3.63) is 11.8 Å². The molecule has 2 heterocycles. The van der Waals surface area contributed by atoms with Crippen LogP contribution in [-0.4, -0.2) is 35.6 Å². The molecule has 7 heteroatoms. The predicted octanol–water partition coefficient (Wildman–Crippen LogP) is 1.86. The predicted molar refractivity (Wildman–Crippen MR) is 82.5 cm³/mol. The molecule has 0 radical (unpaired) electrons. The van der Waals surface area contributed by atoms with Crippen LogP contribution in [0.4, 0.5) is 5.82 Å². The number of nitrogens with zero attached hydrogens (tertiary/aromatic N) is 2. The third-order valence-electron chi connectivity index (χ3n) is 5.03. The lowest BCUT2D eigenvalue weighted by atomic mass is 9.85. The van der Waals surface area contributed by atoms with Gasteiger partial charge in [-0.05, 0) is 32.1 Å². The number of anilines is 1. The lowest BCUT2D eigenvalue weighted by molar-refractivity contribution is -0.122. The van der Waals surface area contributed by atoms with Gasteiger partial charge in [-0.3, -0.25) is 4.79 Å². The number of aromatic nitrogens is 2. The quantitative estimate of drug-likeness (QED) is 0.917. The van der Waals surface area contributed by atoms with Gasteiger partial charge < -0.3 is 5.32 Å². The summed E-state index contributed by atoms with van der Waals surface area (Å²) in [5.74, 6) is 1.67. The molecule has 3 aliphatic rings. The zero-order valence-electron chi connectivity index (χ0n) is 12.5. The van der Waals surface area contributed by atoms with E-state index in [1.807, 2.05) is 6.07 Å². The van der Waals surface area contributed by atoms with E-state index in [1.165, 1.54) is 0 Å². The van der Waals surface area contributed by atoms with Gasteiger partial charge in [0.25, 0.3) is 0 Å². The molecule has 1 aromatic heterocycles. The van der Waals surface area contributed by atoms with Crippen molar-refractivity contribution in [1.29, 1.82) is 0 Å². The fourth-order valence-electron chi connectivity index (χ4n) is 3.23. The number of hydrogen-bond donors (Lipinski definition) is 1. The summed E-state index contributed by atoms with van der Waals surface area (Å²) in [6.07, 6.45) is 5.87. The highest BCUT2D eigenvalue weighted by Gasteiger charge is 2.35. The SMILES string of the molecule is O=C(Nc1cc(C2CC2)nn1[C@H]1CCS(=O)(=O)C1)C1CCC1. The second kappa shape index (κ2) is 5.08. The van der Waals surface area contributed by atoms with Crippen LogP contribution in [-0.2, 0) is 14.6 Å². The second-order valence-corrected chi connectivity index (χ2v) is 9.08. The summed E-state index contributed by atoms with van der Waals surface area (Å²) in [6.45, 7) is 0. The van der Waals surface area contributed by atoms with Crippen LogP contribution >= 0.6 is 0 Å². The summed E-state index contributed by atoms with van der Waals surface area (Å²) >= 11 is 0. The highest BCUT2D eigenvalue weighted by molar-refractivity contribution is 7.91. The minimum atomic E-state index is -2.97. The standard InChI is InChI=1S/C15H21N3O3S/c19-15(11-2-1-3-11)16-14-8-13(10-4-5-10)17-18(14)12-6-7-22(20,21)9-12/h8,10-12H,1-7,9H2,(H,16,19)/t12-/m0/s1. The Morgan fingerprint density at radius 3 is 2.55 bits per heavy atom. The number of nitrogens with one attached hydrogen (secondary N) is 1. The van der Waals surface area contributed by atoms with Gasteiger partial charge in [0.1, 0.15) is 5.82 Å². The van der Waals surface area contributed by atoms with Crippen molar-refractivity contribution in [2.45, 2.75) is 50.5 Å². The van der Waals surface area contributed by atoms with E-state index in [0.29, 0.717) is 18.2 Å². The van der Waals surface area contributed by atoms with Crippen LogP contribution in [0.2, 0.25) is 0 Å². The molecule has 1 amide bonds. The average Bonchev–Trinajstić information content (AvgIpc) is 3.06. The largest absolute Gasteiger partial charge is 0.311 e. The van der Waals surface area contributed by atoms with Crippen LogP contribution in [0.3, 0.4) is 0 Å². The van der Waals surface area contributed by atoms with E-state index in [4.69, 9.17) is 0 Å². The molecule has 2 aliphatic carbocycles. The molecule has 1 saturated heterocycles. The lowest BCUT2D eigenvalue weighted by Gasteiger charge is -2.24. The number of carbonyl (C=O) groups excluding carboxylic acids is 1. The third-order valence-corrected chi connectivity index (χ3v) is 6.78. The Morgan fingerprint density at radius 2 is 2.00 bits per heavy atom. The molecule has 4 rings (SSSR count). The second-order valence-electron chi connectivity index (χ2n) is 6.85. The smallest absolute Gasteiger partial charge is 0.228 e. The normalized spacial score (nSPS) is 27.5. The van der Waals surface area contributed by atoms with E-state index in [9.17, 15) is 13.2 Å². The molecule has 6 nitrogen and oxygen atoms in total. The first-order valence-corrected chi connectivity index (χ1v) is 9.95. The number of hydrogen-bond acceptors (Lipinski definition) is 4. The van der Waals surface area contributed by atoms with E-state index >= 15 is 0 Å². The summed E-state index contributed by atoms with van der Waals surface area (Å²) in [6, 6.07) is 1.80. The number of amides is 1. The number of rotatable bonds is 4. The van der Waals surface area contributed by atoms with Gasteiger partial charge >= 0.3 is 0 Å². The van der Waals surface area contributed by atoms with Crippen LogP contribution in [0.15, 0.2) is 6.07 Å². The van der Waals surface area contributed by atoms with Gasteiger partial charge in [-0.2, -0.15) is 5.10 Å². The monoisotopic (exact) mass is 323 g/mol. The summed E-state index contributed by atoms with van der Waals surface area (Å²) in [5, 5.41) is 7.60. The minimum absolute atomic E-state index is 0.0515. The van der Waals surface area contributed by atoms with Crippen molar-refractivity contribution in [2.75, 3.05) is 16.8 Å². The zero-order valence-corrected chi connectivity index (χ0v) is 13.3. The first-order valence-electron chi connectivity index (χ1n) is 8.12. The molecule has 0 aromatic carbocycles. The third kappa shape index (κ3) is 2.66. The van der Waals surface area contributed by atoms with Gasteiger partial charge in [0.05, 0.1) is 23.2 Å². The van der Waals surface area contributed by atoms with Gasteiger partial charge in [0, 0.05) is 17.9 Å². The van der Waals surface area contributed by atoms with Crippen molar-refractivity contribution in [3.63, 3.8) is 0 Å². The number of sulfone groups is 1. The molecule has 0 unspecified atom stereocenters. The Hall–Kier alpha value is -1.37. The minimum Gasteiger partial charge on any atom is -0.311 e. The van der Waals surface area contributed by atoms with Crippen molar-refractivity contribution >= 4 is 21.6 Å². The molecular formula is C15H21N3O3S. The van der Waals surface area contributed by atoms with Crippen molar-refractivity contribution in [1.82, 2.24) is 9.78 Å². The van der Waals surface area contributed by atoms with E-state index in [0.717, 1.165) is 37.8 Å². The summed E-state index contributed by atoms with van der Waals surface area (Å²) in [7, 11) is -2.97. The lowest BCUT2D eigenvalue weighted by Crippen LogP contribution is -2.29. The van der Waals surface area contributed by atoms with Crippen molar-refractivity contribution in [3.8, 4) is 0 Å². The highest BCUT2D eigenvalue weighted by Crippen LogP contribution is 2.41. The zero-order chi connectivity index (χ0) is 15.3. The molecule has 0 spiro atoms. The summed E-state index contributed by atoms with van der Waals surface area (Å²) in [5.41, 5.74) is 0.994. The molecule has 120 valence electrons. The van der Waals surface area contributed by atoms with Crippen LogP contribution in [0.5, 0.6) is 0 Å². The molecule has 22 heavy (non-hydrogen) atoms. The average molecular weight is 323 g/mol. The Morgan fingerprint density at radius 1 is 1.23 bits per heavy atom. The topological polar surface area (TPSA) is 81.1 Å². The van der Waals surface area contributed by atoms with Crippen molar-refractivity contribution in [2.24, 2.45) is 5.92 Å². The molecule has 0 bridgehead atoms. The molecule has 1 atom stereocenters. The van der Waals surface area contributed by atoms with E-state index in [-0.39, 0.29) is 29.4 Å². The Kier molecular flexibility index (Phi) is 3.29. The molecule has 1 aromatic rings. The van der Waals surface area contributed by atoms with Gasteiger partial charge in [0.2, 0.25) is 5.91 Å². The van der Waals surface area contributed by atoms with Crippen LogP contribution in [0.25, 0.3) is 0 Å². The molecule has 2 saturated carbocycles. The Bertz CT molecular complexity index is 702. The van der Waals surface area contributed by atoms with Gasteiger partial charge in [0.15, 0.2) is 9.84 Å². The maximum atomic E-state index is 12.2. The summed E-state index contributed by atoms with van der Waals surface area (Å²) in [4.78, 5) is 12.2. The maximum absolute atomic E-state index is 12.2. The molecule has 1 N–H and O–H groups in total. The Labute approximate surface area is 130 Å². The maximum Gasteiger partial charge on any atom is 0.228 e. The van der Waals surface area contributed by atoms with Gasteiger partial charge in [-0.15, -0.1) is 0 Å². The van der Waals surface area contributed by atoms with Gasteiger partial charge in [-0.25, -0.2) is 13.1 Å². The van der Waals surface area contributed by atoms with Crippen molar-refractivity contribution < 1.29 is 13.2 Å². The Balaban J connectivity index is 1.59. The van der Waals surface area contributed by atoms with E-state index < -0.39 is 9.84 Å². The van der Waals surface area contributed by atoms with Crippen LogP contribution in [0.1, 0.15) is 56.2 Å². The fraction of sp³-hybridized carbons (Fsp3) is 0.733. The molecule has 3 fully saturated rings. The first-order chi connectivity index (χ1) is 10.5. The van der Waals surface area contributed by atoms with Crippen LogP contribution < -0.4 is 5.32 Å². The highest BCUT2D eigenvalue weighted by atomic mass is 32.2. The molecule has 1 aliphatic heterocycles. The van der Waals surface area contributed by atoms with Gasteiger partial charge in [-0.1, -0.05) is 6.42 Å². The number of carbonyl (C=O) groups is 1. The first kappa shape index (κ1) is 14.2. The van der Waals surface area contributed by atoms with Crippen LogP contribution in [0, 0.1) is 5.92 Å². The van der Waals surface area contributed by atoms with E-state index in [1.54, 1.807) is 4.68 Å².